The van der Waals surface area contributed by atoms with Crippen LogP contribution in [-0.2, 0) is 9.84 Å². The average molecular weight is 388 g/mol. The molecule has 0 aliphatic heterocycles. The van der Waals surface area contributed by atoms with Crippen molar-refractivity contribution >= 4 is 48.9 Å². The number of aryl methyl sites for hydroxylation is 2. The fourth-order valence-corrected chi connectivity index (χ4v) is 5.01. The molecule has 0 radical (unpaired) electrons. The van der Waals surface area contributed by atoms with E-state index in [1.807, 2.05) is 32.0 Å². The van der Waals surface area contributed by atoms with Gasteiger partial charge in [-0.25, -0.2) is 8.42 Å². The second-order valence-electron chi connectivity index (χ2n) is 5.67. The van der Waals surface area contributed by atoms with E-state index in [-0.39, 0.29) is 9.80 Å². The van der Waals surface area contributed by atoms with Crippen LogP contribution in [0.5, 0.6) is 0 Å². The summed E-state index contributed by atoms with van der Waals surface area (Å²) in [6, 6.07) is 13.9. The molecule has 25 heavy (non-hydrogen) atoms. The molecular formula is C19H14ClNO2S2. The number of halogens is 1. The number of nitrogens with zero attached hydrogens (tertiary/aromatic N) is 1. The Balaban J connectivity index is 2.14. The van der Waals surface area contributed by atoms with Crippen LogP contribution in [0.25, 0.3) is 16.2 Å². The predicted molar refractivity (Wildman–Crippen MR) is 104 cm³/mol. The molecule has 0 bridgehead atoms. The van der Waals surface area contributed by atoms with Crippen molar-refractivity contribution in [2.75, 3.05) is 0 Å². The van der Waals surface area contributed by atoms with Gasteiger partial charge >= 0.3 is 0 Å². The zero-order valence-electron chi connectivity index (χ0n) is 13.6. The van der Waals surface area contributed by atoms with E-state index in [1.54, 1.807) is 18.2 Å². The fourth-order valence-electron chi connectivity index (χ4n) is 2.48. The van der Waals surface area contributed by atoms with E-state index < -0.39 is 9.84 Å². The topological polar surface area (TPSA) is 57.9 Å². The van der Waals surface area contributed by atoms with Gasteiger partial charge in [-0.15, -0.1) is 11.3 Å². The van der Waals surface area contributed by atoms with E-state index in [2.05, 4.69) is 0 Å². The number of nitriles is 1. The first-order valence-electron chi connectivity index (χ1n) is 7.45. The number of benzene rings is 2. The van der Waals surface area contributed by atoms with Crippen molar-refractivity contribution in [3.05, 3.63) is 68.4 Å². The summed E-state index contributed by atoms with van der Waals surface area (Å²) in [5.41, 5.74) is 1.87. The number of fused-ring (bicyclic) bond motifs is 1. The summed E-state index contributed by atoms with van der Waals surface area (Å²) in [4.78, 5) is 0.592. The Hall–Kier alpha value is -2.13. The van der Waals surface area contributed by atoms with Crippen LogP contribution in [-0.4, -0.2) is 8.42 Å². The van der Waals surface area contributed by atoms with Crippen molar-refractivity contribution in [1.29, 1.82) is 5.26 Å². The molecule has 0 aliphatic carbocycles. The van der Waals surface area contributed by atoms with Crippen LogP contribution < -0.4 is 0 Å². The lowest BCUT2D eigenvalue weighted by Crippen LogP contribution is -2.03. The van der Waals surface area contributed by atoms with Crippen LogP contribution in [0.1, 0.15) is 16.0 Å². The number of allylic oxidation sites excluding steroid dienone is 1. The van der Waals surface area contributed by atoms with Crippen molar-refractivity contribution in [1.82, 2.24) is 0 Å². The number of hydrogen-bond acceptors (Lipinski definition) is 4. The highest BCUT2D eigenvalue weighted by Crippen LogP contribution is 2.35. The third-order valence-electron chi connectivity index (χ3n) is 3.93. The van der Waals surface area contributed by atoms with Crippen LogP contribution >= 0.6 is 22.9 Å². The molecule has 0 atom stereocenters. The number of hydrogen-bond donors (Lipinski definition) is 0. The minimum absolute atomic E-state index is 0.118. The Bertz CT molecular complexity index is 1130. The Morgan fingerprint density at radius 2 is 1.84 bits per heavy atom. The molecule has 0 fully saturated rings. The average Bonchev–Trinajstić information content (AvgIpc) is 2.88. The van der Waals surface area contributed by atoms with Crippen molar-refractivity contribution in [2.45, 2.75) is 18.7 Å². The SMILES string of the molecule is Cc1ccc(S(=O)(=O)C(C#N)=Cc2sc3ccc(Cl)cc3c2C)cc1. The molecule has 2 aromatic carbocycles. The van der Waals surface area contributed by atoms with E-state index in [0.29, 0.717) is 5.02 Å². The maximum absolute atomic E-state index is 12.8. The maximum Gasteiger partial charge on any atom is 0.216 e. The van der Waals surface area contributed by atoms with Gasteiger partial charge in [-0.3, -0.25) is 0 Å². The van der Waals surface area contributed by atoms with Gasteiger partial charge in [0.25, 0.3) is 0 Å². The number of thiophene rings is 1. The van der Waals surface area contributed by atoms with Crippen LogP contribution in [0.4, 0.5) is 0 Å². The second kappa shape index (κ2) is 6.64. The minimum atomic E-state index is -3.85. The molecule has 0 saturated heterocycles. The van der Waals surface area contributed by atoms with Gasteiger partial charge in [-0.05, 0) is 61.2 Å². The summed E-state index contributed by atoms with van der Waals surface area (Å²) in [7, 11) is -3.85. The summed E-state index contributed by atoms with van der Waals surface area (Å²) in [6.07, 6.45) is 1.45. The van der Waals surface area contributed by atoms with Crippen LogP contribution in [0.2, 0.25) is 5.02 Å². The molecule has 0 spiro atoms. The zero-order chi connectivity index (χ0) is 18.2. The number of sulfone groups is 1. The molecule has 0 saturated carbocycles. The molecule has 0 N–H and O–H groups in total. The third kappa shape index (κ3) is 3.34. The highest BCUT2D eigenvalue weighted by Gasteiger charge is 2.21. The lowest BCUT2D eigenvalue weighted by molar-refractivity contribution is 0.603. The lowest BCUT2D eigenvalue weighted by atomic mass is 10.1. The van der Waals surface area contributed by atoms with E-state index in [1.165, 1.54) is 29.5 Å². The monoisotopic (exact) mass is 387 g/mol. The Morgan fingerprint density at radius 1 is 1.16 bits per heavy atom. The number of rotatable bonds is 3. The van der Waals surface area contributed by atoms with E-state index in [4.69, 9.17) is 11.6 Å². The summed E-state index contributed by atoms with van der Waals surface area (Å²) >= 11 is 7.48. The lowest BCUT2D eigenvalue weighted by Gasteiger charge is -2.03. The molecule has 3 nitrogen and oxygen atoms in total. The summed E-state index contributed by atoms with van der Waals surface area (Å²) in [5, 5.41) is 11.0. The standard InChI is InChI=1S/C19H14ClNO2S2/c1-12-3-6-15(7-4-12)25(22,23)16(11-21)10-19-13(2)17-9-14(20)5-8-18(17)24-19/h3-10H,1-2H3. The largest absolute Gasteiger partial charge is 0.218 e. The molecule has 1 aromatic heterocycles. The molecule has 1 heterocycles. The van der Waals surface area contributed by atoms with Crippen molar-refractivity contribution in [2.24, 2.45) is 0 Å². The van der Waals surface area contributed by atoms with E-state index in [9.17, 15) is 13.7 Å². The molecule has 0 amide bonds. The van der Waals surface area contributed by atoms with Gasteiger partial charge in [0.2, 0.25) is 9.84 Å². The van der Waals surface area contributed by atoms with Crippen LogP contribution in [0.15, 0.2) is 52.3 Å². The van der Waals surface area contributed by atoms with Gasteiger partial charge in [0.15, 0.2) is 4.91 Å². The smallest absolute Gasteiger partial charge is 0.216 e. The van der Waals surface area contributed by atoms with E-state index in [0.717, 1.165) is 26.1 Å². The first-order chi connectivity index (χ1) is 11.8. The Morgan fingerprint density at radius 3 is 2.48 bits per heavy atom. The first kappa shape index (κ1) is 17.7. The second-order valence-corrected chi connectivity index (χ2v) is 9.11. The minimum Gasteiger partial charge on any atom is -0.218 e. The fraction of sp³-hybridized carbons (Fsp3) is 0.105. The highest BCUT2D eigenvalue weighted by molar-refractivity contribution is 7.95. The molecule has 3 aromatic rings. The highest BCUT2D eigenvalue weighted by atomic mass is 35.5. The van der Waals surface area contributed by atoms with Gasteiger partial charge in [0, 0.05) is 14.6 Å². The third-order valence-corrected chi connectivity index (χ3v) is 7.06. The summed E-state index contributed by atoms with van der Waals surface area (Å²) in [5.74, 6) is 0. The van der Waals surface area contributed by atoms with Crippen LogP contribution in [0, 0.1) is 25.2 Å². The van der Waals surface area contributed by atoms with Crippen molar-refractivity contribution in [3.8, 4) is 6.07 Å². The molecule has 126 valence electrons. The normalized spacial score (nSPS) is 12.3. The first-order valence-corrected chi connectivity index (χ1v) is 10.1. The molecule has 3 rings (SSSR count). The van der Waals surface area contributed by atoms with Gasteiger partial charge in [0.05, 0.1) is 4.90 Å². The molecule has 0 aliphatic rings. The predicted octanol–water partition coefficient (Wildman–Crippen LogP) is 5.51. The quantitative estimate of drug-likeness (QED) is 0.556. The zero-order valence-corrected chi connectivity index (χ0v) is 16.0. The van der Waals surface area contributed by atoms with Crippen LogP contribution in [0.3, 0.4) is 0 Å². The maximum atomic E-state index is 12.8. The molecule has 6 heteroatoms. The van der Waals surface area contributed by atoms with Crippen molar-refractivity contribution in [3.63, 3.8) is 0 Å². The van der Waals surface area contributed by atoms with Crippen molar-refractivity contribution < 1.29 is 8.42 Å². The Labute approximate surface area is 155 Å². The molecular weight excluding hydrogens is 374 g/mol. The Kier molecular flexibility index (Phi) is 4.70. The summed E-state index contributed by atoms with van der Waals surface area (Å²) < 4.78 is 26.5. The van der Waals surface area contributed by atoms with E-state index >= 15 is 0 Å². The van der Waals surface area contributed by atoms with Gasteiger partial charge < -0.3 is 0 Å². The van der Waals surface area contributed by atoms with Gasteiger partial charge in [-0.1, -0.05) is 29.3 Å². The van der Waals surface area contributed by atoms with Gasteiger partial charge in [-0.2, -0.15) is 5.26 Å². The molecule has 0 unspecified atom stereocenters. The summed E-state index contributed by atoms with van der Waals surface area (Å²) in [6.45, 7) is 3.78. The van der Waals surface area contributed by atoms with Gasteiger partial charge in [0.1, 0.15) is 6.07 Å².